The molecule has 0 bridgehead atoms. The van der Waals surface area contributed by atoms with Crippen molar-refractivity contribution in [1.29, 1.82) is 5.26 Å². The van der Waals surface area contributed by atoms with Crippen molar-refractivity contribution < 1.29 is 19.2 Å². The Kier molecular flexibility index (Phi) is 6.07. The van der Waals surface area contributed by atoms with Gasteiger partial charge in [-0.25, -0.2) is 0 Å². The highest BCUT2D eigenvalue weighted by Gasteiger charge is 2.43. The molecule has 1 aliphatic heterocycles. The summed E-state index contributed by atoms with van der Waals surface area (Å²) >= 11 is 5.89. The van der Waals surface area contributed by atoms with E-state index < -0.39 is 10.8 Å². The number of hydrogen-bond acceptors (Lipinski definition) is 7. The van der Waals surface area contributed by atoms with E-state index in [0.29, 0.717) is 28.3 Å². The van der Waals surface area contributed by atoms with E-state index in [-0.39, 0.29) is 47.1 Å². The quantitative estimate of drug-likeness (QED) is 0.456. The van der Waals surface area contributed by atoms with Crippen LogP contribution in [0.25, 0.3) is 0 Å². The number of nitro groups is 1. The lowest BCUT2D eigenvalue weighted by Gasteiger charge is -2.37. The van der Waals surface area contributed by atoms with Crippen molar-refractivity contribution in [2.24, 2.45) is 11.1 Å². The van der Waals surface area contributed by atoms with Crippen LogP contribution in [0.3, 0.4) is 0 Å². The van der Waals surface area contributed by atoms with E-state index in [4.69, 9.17) is 26.8 Å². The molecule has 1 atom stereocenters. The number of allylic oxidation sites excluding steroid dienone is 3. The predicted octanol–water partition coefficient (Wildman–Crippen LogP) is 5.28. The number of nitro benzene ring substituents is 1. The van der Waals surface area contributed by atoms with Crippen molar-refractivity contribution in [3.05, 3.63) is 91.5 Å². The number of ketones is 1. The van der Waals surface area contributed by atoms with Gasteiger partial charge in [-0.2, -0.15) is 5.26 Å². The molecule has 2 aliphatic rings. The van der Waals surface area contributed by atoms with Gasteiger partial charge in [-0.3, -0.25) is 14.9 Å². The number of nitrogens with two attached hydrogens (primary N) is 1. The Hall–Kier alpha value is -3.83. The van der Waals surface area contributed by atoms with Crippen LogP contribution in [0.1, 0.15) is 43.7 Å². The highest BCUT2D eigenvalue weighted by molar-refractivity contribution is 6.30. The van der Waals surface area contributed by atoms with Crippen LogP contribution in [0.2, 0.25) is 5.02 Å². The normalized spacial score (nSPS) is 19.2. The molecule has 1 aliphatic carbocycles. The van der Waals surface area contributed by atoms with Gasteiger partial charge in [-0.1, -0.05) is 43.6 Å². The number of benzene rings is 2. The van der Waals surface area contributed by atoms with Gasteiger partial charge in [-0.05, 0) is 34.7 Å². The first-order valence-corrected chi connectivity index (χ1v) is 11.0. The zero-order valence-electron chi connectivity index (χ0n) is 18.6. The number of nitriles is 1. The summed E-state index contributed by atoms with van der Waals surface area (Å²) in [6.45, 7) is 4.00. The van der Waals surface area contributed by atoms with Crippen molar-refractivity contribution in [2.45, 2.75) is 39.2 Å². The molecule has 34 heavy (non-hydrogen) atoms. The topological polar surface area (TPSA) is 128 Å². The third-order valence-corrected chi connectivity index (χ3v) is 6.15. The molecule has 2 N–H and O–H groups in total. The largest absolute Gasteiger partial charge is 0.482 e. The van der Waals surface area contributed by atoms with Crippen molar-refractivity contribution in [1.82, 2.24) is 0 Å². The lowest BCUT2D eigenvalue weighted by molar-refractivity contribution is -0.386. The molecule has 0 radical (unpaired) electrons. The summed E-state index contributed by atoms with van der Waals surface area (Å²) in [4.78, 5) is 24.4. The highest BCUT2D eigenvalue weighted by atomic mass is 35.5. The molecule has 9 heteroatoms. The van der Waals surface area contributed by atoms with E-state index in [1.807, 2.05) is 19.9 Å². The summed E-state index contributed by atoms with van der Waals surface area (Å²) in [7, 11) is 0. The molecule has 0 aromatic heterocycles. The SMILES string of the molecule is CC1(C)CC(=O)C2=C(C1)OC(N)=C(C#N)[C@H]2c1ccc(OCc2ccc(Cl)cc2)c([N+](=O)[O-])c1. The van der Waals surface area contributed by atoms with E-state index in [0.717, 1.165) is 5.56 Å². The zero-order chi connectivity index (χ0) is 24.6. The fourth-order valence-corrected chi connectivity index (χ4v) is 4.46. The summed E-state index contributed by atoms with van der Waals surface area (Å²) in [6.07, 6.45) is 0.739. The first kappa shape index (κ1) is 23.3. The highest BCUT2D eigenvalue weighted by Crippen LogP contribution is 2.48. The van der Waals surface area contributed by atoms with E-state index >= 15 is 0 Å². The fourth-order valence-electron chi connectivity index (χ4n) is 4.34. The van der Waals surface area contributed by atoms with Crippen LogP contribution < -0.4 is 10.5 Å². The minimum Gasteiger partial charge on any atom is -0.482 e. The maximum absolute atomic E-state index is 13.1. The molecule has 1 heterocycles. The van der Waals surface area contributed by atoms with Crippen molar-refractivity contribution in [3.8, 4) is 11.8 Å². The average Bonchev–Trinajstić information content (AvgIpc) is 2.76. The van der Waals surface area contributed by atoms with Gasteiger partial charge >= 0.3 is 5.69 Å². The number of ether oxygens (including phenoxy) is 2. The van der Waals surface area contributed by atoms with Gasteiger partial charge in [0, 0.05) is 29.5 Å². The smallest absolute Gasteiger partial charge is 0.311 e. The Labute approximate surface area is 201 Å². The van der Waals surface area contributed by atoms with Crippen LogP contribution >= 0.6 is 11.6 Å². The second-order valence-corrected chi connectivity index (χ2v) is 9.54. The number of carbonyl (C=O) groups excluding carboxylic acids is 1. The summed E-state index contributed by atoms with van der Waals surface area (Å²) in [5.41, 5.74) is 7.00. The van der Waals surface area contributed by atoms with E-state index in [1.54, 1.807) is 30.3 Å². The number of carbonyl (C=O) groups is 1. The van der Waals surface area contributed by atoms with Gasteiger partial charge in [0.15, 0.2) is 11.5 Å². The number of nitrogens with zero attached hydrogens (tertiary/aromatic N) is 2. The first-order valence-electron chi connectivity index (χ1n) is 10.6. The van der Waals surface area contributed by atoms with Crippen LogP contribution in [0.15, 0.2) is 65.3 Å². The number of rotatable bonds is 5. The molecule has 174 valence electrons. The fraction of sp³-hybridized carbons (Fsp3) is 0.280. The number of hydrogen-bond donors (Lipinski definition) is 1. The maximum Gasteiger partial charge on any atom is 0.311 e. The Morgan fingerprint density at radius 1 is 1.26 bits per heavy atom. The molecule has 0 amide bonds. The third-order valence-electron chi connectivity index (χ3n) is 5.90. The molecular formula is C25H22ClN3O5. The minimum absolute atomic E-state index is 0.0518. The number of halogens is 1. The van der Waals surface area contributed by atoms with Gasteiger partial charge in [0.05, 0.1) is 10.8 Å². The van der Waals surface area contributed by atoms with Gasteiger partial charge in [0.25, 0.3) is 0 Å². The molecule has 0 spiro atoms. The Bertz CT molecular complexity index is 1290. The molecule has 4 rings (SSSR count). The summed E-state index contributed by atoms with van der Waals surface area (Å²) < 4.78 is 11.4. The maximum atomic E-state index is 13.1. The van der Waals surface area contributed by atoms with Crippen LogP contribution in [0.5, 0.6) is 5.75 Å². The molecule has 0 fully saturated rings. The first-order chi connectivity index (χ1) is 16.1. The standard InChI is InChI=1S/C25H22ClN3O5/c1-25(2)10-19(30)23-21(11-25)34-24(28)17(12-27)22(23)15-5-8-20(18(9-15)29(31)32)33-13-14-3-6-16(26)7-4-14/h3-9,22H,10-11,13,28H2,1-2H3/t22-/m1/s1. The van der Waals surface area contributed by atoms with Gasteiger partial charge in [-0.15, -0.1) is 0 Å². The van der Waals surface area contributed by atoms with E-state index in [2.05, 4.69) is 0 Å². The van der Waals surface area contributed by atoms with Crippen molar-refractivity contribution in [2.75, 3.05) is 0 Å². The summed E-state index contributed by atoms with van der Waals surface area (Å²) in [6, 6.07) is 13.4. The molecule has 8 nitrogen and oxygen atoms in total. The molecular weight excluding hydrogens is 458 g/mol. The molecule has 0 unspecified atom stereocenters. The summed E-state index contributed by atoms with van der Waals surface area (Å²) in [5.74, 6) is -0.629. The minimum atomic E-state index is -0.846. The molecule has 2 aromatic rings. The Morgan fingerprint density at radius 3 is 2.62 bits per heavy atom. The predicted molar refractivity (Wildman–Crippen MR) is 125 cm³/mol. The van der Waals surface area contributed by atoms with E-state index in [9.17, 15) is 20.2 Å². The Morgan fingerprint density at radius 2 is 1.97 bits per heavy atom. The zero-order valence-corrected chi connectivity index (χ0v) is 19.4. The van der Waals surface area contributed by atoms with E-state index in [1.165, 1.54) is 12.1 Å². The lowest BCUT2D eigenvalue weighted by atomic mass is 9.70. The van der Waals surface area contributed by atoms with Crippen LogP contribution in [0.4, 0.5) is 5.69 Å². The Balaban J connectivity index is 1.74. The van der Waals surface area contributed by atoms with Gasteiger partial charge in [0.1, 0.15) is 24.0 Å². The molecule has 0 saturated carbocycles. The summed E-state index contributed by atoms with van der Waals surface area (Å²) in [5, 5.41) is 22.2. The monoisotopic (exact) mass is 479 g/mol. The van der Waals surface area contributed by atoms with Gasteiger partial charge in [0.2, 0.25) is 5.88 Å². The van der Waals surface area contributed by atoms with Crippen molar-refractivity contribution in [3.63, 3.8) is 0 Å². The van der Waals surface area contributed by atoms with Crippen molar-refractivity contribution >= 4 is 23.1 Å². The van der Waals surface area contributed by atoms with Crippen LogP contribution in [0, 0.1) is 26.9 Å². The second kappa shape index (κ2) is 8.84. The second-order valence-electron chi connectivity index (χ2n) is 9.10. The third kappa shape index (κ3) is 4.47. The molecule has 2 aromatic carbocycles. The van der Waals surface area contributed by atoms with Gasteiger partial charge < -0.3 is 15.2 Å². The number of Topliss-reactive ketones (excluding diaryl/α,β-unsaturated/α-hetero) is 1. The van der Waals surface area contributed by atoms with Crippen LogP contribution in [-0.4, -0.2) is 10.7 Å². The van der Waals surface area contributed by atoms with Crippen LogP contribution in [-0.2, 0) is 16.1 Å². The average molecular weight is 480 g/mol. The lowest BCUT2D eigenvalue weighted by Crippen LogP contribution is -2.33. The molecule has 0 saturated heterocycles.